The van der Waals surface area contributed by atoms with Crippen molar-refractivity contribution in [3.63, 3.8) is 0 Å². The molecule has 1 aromatic carbocycles. The largest absolute Gasteiger partial charge is 0.323 e. The number of hydrogen-bond donors (Lipinski definition) is 2. The standard InChI is InChI=1S/C11H18N4O4S/c1-3-4-7-14(2)20(18,19)11-6-5-9(15(16)17)8-10(11)13-12/h5-6,8,13H,3-4,7,12H2,1-2H3. The Morgan fingerprint density at radius 3 is 2.60 bits per heavy atom. The molecule has 0 unspecified atom stereocenters. The zero-order chi connectivity index (χ0) is 15.3. The number of unbranched alkanes of at least 4 members (excludes halogenated alkanes) is 1. The Bertz CT molecular complexity index is 588. The van der Waals surface area contributed by atoms with E-state index in [4.69, 9.17) is 5.84 Å². The number of sulfonamides is 1. The Morgan fingerprint density at radius 1 is 1.45 bits per heavy atom. The van der Waals surface area contributed by atoms with Crippen molar-refractivity contribution in [1.29, 1.82) is 0 Å². The molecule has 9 heteroatoms. The molecule has 0 fully saturated rings. The van der Waals surface area contributed by atoms with Gasteiger partial charge in [-0.1, -0.05) is 13.3 Å². The maximum atomic E-state index is 12.4. The van der Waals surface area contributed by atoms with Gasteiger partial charge < -0.3 is 5.43 Å². The smallest absolute Gasteiger partial charge is 0.271 e. The molecule has 0 bridgehead atoms. The lowest BCUT2D eigenvalue weighted by atomic mass is 10.3. The number of benzene rings is 1. The maximum Gasteiger partial charge on any atom is 0.271 e. The SMILES string of the molecule is CCCCN(C)S(=O)(=O)c1ccc([N+](=O)[O-])cc1NN. The molecule has 3 N–H and O–H groups in total. The van der Waals surface area contributed by atoms with Gasteiger partial charge in [0.05, 0.1) is 10.6 Å². The summed E-state index contributed by atoms with van der Waals surface area (Å²) >= 11 is 0. The van der Waals surface area contributed by atoms with Crippen LogP contribution in [0.25, 0.3) is 0 Å². The average molecular weight is 302 g/mol. The lowest BCUT2D eigenvalue weighted by molar-refractivity contribution is -0.384. The molecule has 8 nitrogen and oxygen atoms in total. The van der Waals surface area contributed by atoms with E-state index in [2.05, 4.69) is 5.43 Å². The van der Waals surface area contributed by atoms with Crippen LogP contribution in [0.2, 0.25) is 0 Å². The molecule has 0 heterocycles. The Labute approximate surface area is 117 Å². The van der Waals surface area contributed by atoms with Gasteiger partial charge in [-0.25, -0.2) is 12.7 Å². The highest BCUT2D eigenvalue weighted by molar-refractivity contribution is 7.89. The molecule has 0 radical (unpaired) electrons. The van der Waals surface area contributed by atoms with E-state index in [1.165, 1.54) is 17.4 Å². The number of nitrogens with zero attached hydrogens (tertiary/aromatic N) is 2. The number of rotatable bonds is 7. The van der Waals surface area contributed by atoms with Crippen LogP contribution in [-0.4, -0.2) is 31.2 Å². The molecule has 0 amide bonds. The number of hydrazine groups is 1. The highest BCUT2D eigenvalue weighted by atomic mass is 32.2. The fourth-order valence-electron chi connectivity index (χ4n) is 1.64. The summed E-state index contributed by atoms with van der Waals surface area (Å²) in [7, 11) is -2.26. The first-order chi connectivity index (χ1) is 9.34. The van der Waals surface area contributed by atoms with Crippen molar-refractivity contribution in [3.8, 4) is 0 Å². The van der Waals surface area contributed by atoms with Crippen LogP contribution in [0.3, 0.4) is 0 Å². The number of nitrogens with one attached hydrogen (secondary N) is 1. The van der Waals surface area contributed by atoms with Crippen molar-refractivity contribution < 1.29 is 13.3 Å². The second kappa shape index (κ2) is 6.64. The number of nitrogens with two attached hydrogens (primary N) is 1. The second-order valence-corrected chi connectivity index (χ2v) is 6.28. The molecule has 0 aromatic heterocycles. The minimum absolute atomic E-state index is 0.00236. The third kappa shape index (κ3) is 3.44. The zero-order valence-corrected chi connectivity index (χ0v) is 12.2. The molecule has 0 spiro atoms. The quantitative estimate of drug-likeness (QED) is 0.445. The summed E-state index contributed by atoms with van der Waals surface area (Å²) in [4.78, 5) is 9.99. The molecule has 1 aromatic rings. The summed E-state index contributed by atoms with van der Waals surface area (Å²) in [6.07, 6.45) is 1.59. The van der Waals surface area contributed by atoms with Gasteiger partial charge in [-0.05, 0) is 12.5 Å². The predicted molar refractivity (Wildman–Crippen MR) is 75.6 cm³/mol. The summed E-state index contributed by atoms with van der Waals surface area (Å²) in [5.74, 6) is 5.26. The summed E-state index contributed by atoms with van der Waals surface area (Å²) in [5, 5.41) is 10.7. The Morgan fingerprint density at radius 2 is 2.10 bits per heavy atom. The molecule has 20 heavy (non-hydrogen) atoms. The molecule has 0 aliphatic carbocycles. The van der Waals surface area contributed by atoms with E-state index in [9.17, 15) is 18.5 Å². The highest BCUT2D eigenvalue weighted by Crippen LogP contribution is 2.27. The third-order valence-corrected chi connectivity index (χ3v) is 4.76. The van der Waals surface area contributed by atoms with Crippen molar-refractivity contribution in [1.82, 2.24) is 4.31 Å². The molecular formula is C11H18N4O4S. The third-order valence-electron chi connectivity index (χ3n) is 2.84. The number of nitrogen functional groups attached to an aromatic ring is 1. The van der Waals surface area contributed by atoms with Gasteiger partial charge in [-0.15, -0.1) is 0 Å². The van der Waals surface area contributed by atoms with Crippen LogP contribution in [0.4, 0.5) is 11.4 Å². The van der Waals surface area contributed by atoms with Gasteiger partial charge in [0, 0.05) is 25.7 Å². The van der Waals surface area contributed by atoms with E-state index in [1.807, 2.05) is 6.92 Å². The monoisotopic (exact) mass is 302 g/mol. The van der Waals surface area contributed by atoms with Crippen LogP contribution in [0.5, 0.6) is 0 Å². The average Bonchev–Trinajstić information content (AvgIpc) is 2.43. The van der Waals surface area contributed by atoms with E-state index >= 15 is 0 Å². The normalized spacial score (nSPS) is 11.6. The first-order valence-corrected chi connectivity index (χ1v) is 7.50. The molecule has 112 valence electrons. The predicted octanol–water partition coefficient (Wildman–Crippen LogP) is 1.30. The number of hydrogen-bond acceptors (Lipinski definition) is 6. The van der Waals surface area contributed by atoms with E-state index in [-0.39, 0.29) is 16.3 Å². The van der Waals surface area contributed by atoms with E-state index in [0.717, 1.165) is 25.0 Å². The van der Waals surface area contributed by atoms with Crippen molar-refractivity contribution in [2.24, 2.45) is 5.84 Å². The van der Waals surface area contributed by atoms with E-state index < -0.39 is 14.9 Å². The molecule has 1 rings (SSSR count). The van der Waals surface area contributed by atoms with Crippen molar-refractivity contribution in [2.45, 2.75) is 24.7 Å². The molecule has 0 aliphatic rings. The van der Waals surface area contributed by atoms with Gasteiger partial charge >= 0.3 is 0 Å². The fraction of sp³-hybridized carbons (Fsp3) is 0.455. The van der Waals surface area contributed by atoms with Crippen LogP contribution in [0, 0.1) is 10.1 Å². The number of anilines is 1. The van der Waals surface area contributed by atoms with E-state index in [1.54, 1.807) is 0 Å². The van der Waals surface area contributed by atoms with Crippen molar-refractivity contribution >= 4 is 21.4 Å². The van der Waals surface area contributed by atoms with Gasteiger partial charge in [0.2, 0.25) is 10.0 Å². The Balaban J connectivity index is 3.21. The lowest BCUT2D eigenvalue weighted by Gasteiger charge is -2.18. The first-order valence-electron chi connectivity index (χ1n) is 6.06. The number of non-ortho nitro benzene ring substituents is 1. The Kier molecular flexibility index (Phi) is 5.43. The summed E-state index contributed by atoms with van der Waals surface area (Å²) < 4.78 is 25.9. The maximum absolute atomic E-state index is 12.4. The first kappa shape index (κ1) is 16.3. The topological polar surface area (TPSA) is 119 Å². The van der Waals surface area contributed by atoms with Crippen molar-refractivity contribution in [3.05, 3.63) is 28.3 Å². The molecule has 0 saturated carbocycles. The van der Waals surface area contributed by atoms with Gasteiger partial charge in [0.1, 0.15) is 4.90 Å². The van der Waals surface area contributed by atoms with Crippen LogP contribution < -0.4 is 11.3 Å². The van der Waals surface area contributed by atoms with Gasteiger partial charge in [0.25, 0.3) is 5.69 Å². The number of nitro benzene ring substituents is 1. The number of nitro groups is 1. The second-order valence-electron chi connectivity index (χ2n) is 4.26. The fourth-order valence-corrected chi connectivity index (χ4v) is 2.98. The molecular weight excluding hydrogens is 284 g/mol. The van der Waals surface area contributed by atoms with Crippen LogP contribution in [0.15, 0.2) is 23.1 Å². The zero-order valence-electron chi connectivity index (χ0n) is 11.4. The summed E-state index contributed by atoms with van der Waals surface area (Å²) in [6, 6.07) is 3.42. The van der Waals surface area contributed by atoms with E-state index in [0.29, 0.717) is 6.54 Å². The van der Waals surface area contributed by atoms with Crippen molar-refractivity contribution in [2.75, 3.05) is 19.0 Å². The molecule has 0 aliphatic heterocycles. The highest BCUT2D eigenvalue weighted by Gasteiger charge is 2.25. The lowest BCUT2D eigenvalue weighted by Crippen LogP contribution is -2.29. The minimum atomic E-state index is -3.73. The molecule has 0 saturated heterocycles. The summed E-state index contributed by atoms with van der Waals surface area (Å²) in [5.41, 5.74) is 1.97. The van der Waals surface area contributed by atoms with Crippen LogP contribution >= 0.6 is 0 Å². The summed E-state index contributed by atoms with van der Waals surface area (Å²) in [6.45, 7) is 2.33. The van der Waals surface area contributed by atoms with Gasteiger partial charge in [-0.3, -0.25) is 16.0 Å². The Hall–Kier alpha value is -1.71. The van der Waals surface area contributed by atoms with Crippen LogP contribution in [-0.2, 0) is 10.0 Å². The van der Waals surface area contributed by atoms with Gasteiger partial charge in [0.15, 0.2) is 0 Å². The van der Waals surface area contributed by atoms with Gasteiger partial charge in [-0.2, -0.15) is 0 Å². The molecule has 0 atom stereocenters. The van der Waals surface area contributed by atoms with Crippen LogP contribution in [0.1, 0.15) is 19.8 Å². The minimum Gasteiger partial charge on any atom is -0.323 e.